The van der Waals surface area contributed by atoms with E-state index in [0.717, 1.165) is 13.2 Å². The molecule has 0 aromatic rings. The first-order valence-corrected chi connectivity index (χ1v) is 6.91. The Labute approximate surface area is 107 Å². The first-order valence-electron chi connectivity index (χ1n) is 6.91. The van der Waals surface area contributed by atoms with Gasteiger partial charge in [-0.25, -0.2) is 0 Å². The quantitative estimate of drug-likeness (QED) is 0.747. The summed E-state index contributed by atoms with van der Waals surface area (Å²) in [6.45, 7) is 13.7. The van der Waals surface area contributed by atoms with Gasteiger partial charge in [0.25, 0.3) is 0 Å². The van der Waals surface area contributed by atoms with Crippen molar-refractivity contribution in [1.29, 1.82) is 0 Å². The molecule has 0 bridgehead atoms. The molecule has 1 aliphatic heterocycles. The molecule has 3 nitrogen and oxygen atoms in total. The second-order valence-corrected chi connectivity index (χ2v) is 6.39. The van der Waals surface area contributed by atoms with Crippen LogP contribution in [0.15, 0.2) is 0 Å². The summed E-state index contributed by atoms with van der Waals surface area (Å²) in [5.41, 5.74) is 0.356. The molecule has 0 aromatic heterocycles. The Morgan fingerprint density at radius 3 is 2.59 bits per heavy atom. The summed E-state index contributed by atoms with van der Waals surface area (Å²) in [6.07, 6.45) is 2.42. The summed E-state index contributed by atoms with van der Waals surface area (Å²) in [7, 11) is 1.78. The van der Waals surface area contributed by atoms with Crippen LogP contribution in [0.4, 0.5) is 0 Å². The van der Waals surface area contributed by atoms with Gasteiger partial charge in [0.05, 0.1) is 0 Å². The molecule has 2 atom stereocenters. The maximum atomic E-state index is 5.12. The van der Waals surface area contributed by atoms with Gasteiger partial charge >= 0.3 is 0 Å². The Bertz CT molecular complexity index is 213. The van der Waals surface area contributed by atoms with Crippen LogP contribution in [0.3, 0.4) is 0 Å². The highest BCUT2D eigenvalue weighted by Gasteiger charge is 2.33. The third-order valence-corrected chi connectivity index (χ3v) is 3.65. The lowest BCUT2D eigenvalue weighted by molar-refractivity contribution is 0.0557. The molecule has 17 heavy (non-hydrogen) atoms. The van der Waals surface area contributed by atoms with E-state index < -0.39 is 0 Å². The molecule has 1 saturated heterocycles. The Morgan fingerprint density at radius 2 is 2.00 bits per heavy atom. The zero-order valence-electron chi connectivity index (χ0n) is 12.3. The van der Waals surface area contributed by atoms with Crippen LogP contribution in [-0.2, 0) is 4.74 Å². The standard InChI is InChI=1S/C14H30N2O/c1-12-11-16(8-6-7-9-17-5)13(10-15-12)14(2,3)4/h12-13,15H,6-11H2,1-5H3. The SMILES string of the molecule is COCCCCN1CC(C)NCC1C(C)(C)C. The second kappa shape index (κ2) is 6.72. The molecule has 0 saturated carbocycles. The van der Waals surface area contributed by atoms with E-state index in [9.17, 15) is 0 Å². The van der Waals surface area contributed by atoms with Crippen molar-refractivity contribution in [2.45, 2.75) is 52.6 Å². The molecule has 2 unspecified atom stereocenters. The molecule has 102 valence electrons. The van der Waals surface area contributed by atoms with E-state index in [1.54, 1.807) is 7.11 Å². The van der Waals surface area contributed by atoms with Crippen LogP contribution in [0, 0.1) is 5.41 Å². The molecule has 0 spiro atoms. The first kappa shape index (κ1) is 14.9. The molecule has 1 N–H and O–H groups in total. The van der Waals surface area contributed by atoms with Crippen molar-refractivity contribution in [3.63, 3.8) is 0 Å². The number of unbranched alkanes of at least 4 members (excludes halogenated alkanes) is 1. The van der Waals surface area contributed by atoms with E-state index in [-0.39, 0.29) is 0 Å². The van der Waals surface area contributed by atoms with Crippen molar-refractivity contribution < 1.29 is 4.74 Å². The Balaban J connectivity index is 2.44. The molecule has 1 fully saturated rings. The highest BCUT2D eigenvalue weighted by molar-refractivity contribution is 4.91. The molecule has 0 aromatic carbocycles. The average Bonchev–Trinajstić information content (AvgIpc) is 2.23. The number of hydrogen-bond donors (Lipinski definition) is 1. The van der Waals surface area contributed by atoms with Gasteiger partial charge in [-0.2, -0.15) is 0 Å². The van der Waals surface area contributed by atoms with Crippen LogP contribution in [-0.4, -0.2) is 50.3 Å². The molecule has 0 radical (unpaired) electrons. The van der Waals surface area contributed by atoms with Crippen molar-refractivity contribution in [2.24, 2.45) is 5.41 Å². The first-order chi connectivity index (χ1) is 7.95. The normalized spacial score (nSPS) is 27.4. The van der Waals surface area contributed by atoms with Crippen LogP contribution in [0.1, 0.15) is 40.5 Å². The molecule has 3 heteroatoms. The molecular formula is C14H30N2O. The molecule has 0 amide bonds. The fourth-order valence-electron chi connectivity index (χ4n) is 2.65. The summed E-state index contributed by atoms with van der Waals surface area (Å²) < 4.78 is 5.12. The van der Waals surface area contributed by atoms with Gasteiger partial charge in [-0.05, 0) is 31.7 Å². The van der Waals surface area contributed by atoms with E-state index in [0.29, 0.717) is 17.5 Å². The van der Waals surface area contributed by atoms with E-state index in [1.165, 1.54) is 25.9 Å². The number of hydrogen-bond acceptors (Lipinski definition) is 3. The second-order valence-electron chi connectivity index (χ2n) is 6.39. The van der Waals surface area contributed by atoms with Crippen molar-refractivity contribution >= 4 is 0 Å². The van der Waals surface area contributed by atoms with Gasteiger partial charge in [-0.15, -0.1) is 0 Å². The third kappa shape index (κ3) is 4.94. The van der Waals surface area contributed by atoms with Crippen molar-refractivity contribution in [3.8, 4) is 0 Å². The lowest BCUT2D eigenvalue weighted by Gasteiger charge is -2.46. The zero-order chi connectivity index (χ0) is 12.9. The van der Waals surface area contributed by atoms with E-state index in [1.807, 2.05) is 0 Å². The fourth-order valence-corrected chi connectivity index (χ4v) is 2.65. The highest BCUT2D eigenvalue weighted by atomic mass is 16.5. The average molecular weight is 242 g/mol. The van der Waals surface area contributed by atoms with Crippen molar-refractivity contribution in [1.82, 2.24) is 10.2 Å². The number of ether oxygens (including phenoxy) is 1. The summed E-state index contributed by atoms with van der Waals surface area (Å²) in [4.78, 5) is 2.66. The van der Waals surface area contributed by atoms with Gasteiger partial charge in [-0.1, -0.05) is 20.8 Å². The summed E-state index contributed by atoms with van der Waals surface area (Å²) in [5.74, 6) is 0. The maximum Gasteiger partial charge on any atom is 0.0462 e. The predicted octanol–water partition coefficient (Wildman–Crippen LogP) is 2.12. The van der Waals surface area contributed by atoms with E-state index in [4.69, 9.17) is 4.74 Å². The smallest absolute Gasteiger partial charge is 0.0462 e. The van der Waals surface area contributed by atoms with Crippen LogP contribution in [0.2, 0.25) is 0 Å². The summed E-state index contributed by atoms with van der Waals surface area (Å²) >= 11 is 0. The minimum Gasteiger partial charge on any atom is -0.385 e. The van der Waals surface area contributed by atoms with Gasteiger partial charge in [0.1, 0.15) is 0 Å². The Kier molecular flexibility index (Phi) is 5.90. The number of nitrogens with zero attached hydrogens (tertiary/aromatic N) is 1. The minimum atomic E-state index is 0.356. The Morgan fingerprint density at radius 1 is 1.29 bits per heavy atom. The molecular weight excluding hydrogens is 212 g/mol. The number of piperazine rings is 1. The third-order valence-electron chi connectivity index (χ3n) is 3.65. The van der Waals surface area contributed by atoms with Gasteiger partial charge in [0.2, 0.25) is 0 Å². The van der Waals surface area contributed by atoms with Gasteiger partial charge < -0.3 is 10.1 Å². The largest absolute Gasteiger partial charge is 0.385 e. The van der Waals surface area contributed by atoms with Gasteiger partial charge in [-0.3, -0.25) is 4.90 Å². The van der Waals surface area contributed by atoms with E-state index in [2.05, 4.69) is 37.9 Å². The molecule has 1 heterocycles. The monoisotopic (exact) mass is 242 g/mol. The minimum absolute atomic E-state index is 0.356. The van der Waals surface area contributed by atoms with Crippen LogP contribution < -0.4 is 5.32 Å². The maximum absolute atomic E-state index is 5.12. The summed E-state index contributed by atoms with van der Waals surface area (Å²) in [6, 6.07) is 1.28. The van der Waals surface area contributed by atoms with Gasteiger partial charge in [0, 0.05) is 38.9 Å². The van der Waals surface area contributed by atoms with Crippen LogP contribution >= 0.6 is 0 Å². The zero-order valence-corrected chi connectivity index (χ0v) is 12.3. The predicted molar refractivity (Wildman–Crippen MR) is 73.4 cm³/mol. The highest BCUT2D eigenvalue weighted by Crippen LogP contribution is 2.26. The Hall–Kier alpha value is -0.120. The van der Waals surface area contributed by atoms with Crippen molar-refractivity contribution in [3.05, 3.63) is 0 Å². The van der Waals surface area contributed by atoms with Crippen LogP contribution in [0.25, 0.3) is 0 Å². The van der Waals surface area contributed by atoms with Gasteiger partial charge in [0.15, 0.2) is 0 Å². The molecule has 0 aliphatic carbocycles. The van der Waals surface area contributed by atoms with Crippen molar-refractivity contribution in [2.75, 3.05) is 33.4 Å². The topological polar surface area (TPSA) is 24.5 Å². The number of methoxy groups -OCH3 is 1. The summed E-state index contributed by atoms with van der Waals surface area (Å²) in [5, 5.41) is 3.60. The molecule has 1 rings (SSSR count). The van der Waals surface area contributed by atoms with Crippen LogP contribution in [0.5, 0.6) is 0 Å². The number of nitrogens with one attached hydrogen (secondary N) is 1. The fraction of sp³-hybridized carbons (Fsp3) is 1.00. The van der Waals surface area contributed by atoms with E-state index >= 15 is 0 Å². The lowest BCUT2D eigenvalue weighted by atomic mass is 9.84. The number of rotatable bonds is 5. The lowest BCUT2D eigenvalue weighted by Crippen LogP contribution is -2.59. The molecule has 1 aliphatic rings.